The molecule has 1 fully saturated rings. The molecule has 1 saturated heterocycles. The second-order valence-corrected chi connectivity index (χ2v) is 4.56. The van der Waals surface area contributed by atoms with Gasteiger partial charge in [0, 0.05) is 12.6 Å². The molecule has 4 nitrogen and oxygen atoms in total. The van der Waals surface area contributed by atoms with Gasteiger partial charge in [-0.2, -0.15) is 0 Å². The zero-order chi connectivity index (χ0) is 13.7. The van der Waals surface area contributed by atoms with Crippen LogP contribution in [0.25, 0.3) is 0 Å². The number of hydrogen-bond donors (Lipinski definition) is 2. The van der Waals surface area contributed by atoms with E-state index in [0.29, 0.717) is 6.54 Å². The van der Waals surface area contributed by atoms with Gasteiger partial charge in [0.15, 0.2) is 5.96 Å². The molecule has 1 aliphatic heterocycles. The first-order valence-electron chi connectivity index (χ1n) is 6.39. The van der Waals surface area contributed by atoms with Crippen LogP contribution in [0.15, 0.2) is 23.2 Å². The van der Waals surface area contributed by atoms with Crippen LogP contribution < -0.4 is 11.1 Å². The Morgan fingerprint density at radius 2 is 2.00 bits per heavy atom. The number of likely N-dealkylation sites (tertiary alicyclic amines) is 1. The number of guanidine groups is 1. The van der Waals surface area contributed by atoms with E-state index in [1.54, 1.807) is 0 Å². The number of benzene rings is 1. The smallest absolute Gasteiger partial charge is 0.193 e. The van der Waals surface area contributed by atoms with Crippen LogP contribution in [-0.4, -0.2) is 37.0 Å². The Morgan fingerprint density at radius 1 is 1.30 bits per heavy atom. The van der Waals surface area contributed by atoms with E-state index in [2.05, 4.69) is 15.2 Å². The molecule has 1 heterocycles. The molecule has 112 valence electrons. The predicted octanol–water partition coefficient (Wildman–Crippen LogP) is 2.41. The average Bonchev–Trinajstić information content (AvgIpc) is 2.87. The molecule has 1 aromatic carbocycles. The Labute approximate surface area is 134 Å². The van der Waals surface area contributed by atoms with Gasteiger partial charge in [-0.3, -0.25) is 4.99 Å². The Bertz CT molecular complexity index is 462. The number of nitrogens with one attached hydrogen (secondary N) is 1. The summed E-state index contributed by atoms with van der Waals surface area (Å²) in [7, 11) is 0. The number of nitrogens with two attached hydrogens (primary N) is 1. The Hall–Kier alpha value is -0.960. The van der Waals surface area contributed by atoms with E-state index in [9.17, 15) is 8.78 Å². The minimum absolute atomic E-state index is 0. The highest BCUT2D eigenvalue weighted by Gasteiger charge is 2.10. The third-order valence-electron chi connectivity index (χ3n) is 3.09. The fourth-order valence-corrected chi connectivity index (χ4v) is 2.09. The molecule has 0 spiro atoms. The van der Waals surface area contributed by atoms with E-state index in [1.807, 2.05) is 0 Å². The average molecular weight is 396 g/mol. The number of aliphatic imine (C=N–C) groups is 1. The fourth-order valence-electron chi connectivity index (χ4n) is 2.09. The molecule has 0 aliphatic carbocycles. The van der Waals surface area contributed by atoms with E-state index < -0.39 is 11.6 Å². The summed E-state index contributed by atoms with van der Waals surface area (Å²) in [5, 5.41) is 2.57. The van der Waals surface area contributed by atoms with Crippen LogP contribution in [0, 0.1) is 11.6 Å². The van der Waals surface area contributed by atoms with Gasteiger partial charge in [0.2, 0.25) is 0 Å². The molecule has 0 unspecified atom stereocenters. The molecule has 7 heteroatoms. The lowest BCUT2D eigenvalue weighted by molar-refractivity contribution is 0.349. The van der Waals surface area contributed by atoms with Gasteiger partial charge < -0.3 is 16.0 Å². The molecule has 2 rings (SSSR count). The summed E-state index contributed by atoms with van der Waals surface area (Å²) in [6.45, 7) is 3.59. The predicted molar refractivity (Wildman–Crippen MR) is 87.6 cm³/mol. The summed E-state index contributed by atoms with van der Waals surface area (Å²) >= 11 is 0. The molecule has 3 N–H and O–H groups in total. The first kappa shape index (κ1) is 17.1. The number of halogens is 3. The van der Waals surface area contributed by atoms with Gasteiger partial charge in [0.05, 0.1) is 12.2 Å². The Morgan fingerprint density at radius 3 is 2.70 bits per heavy atom. The first-order chi connectivity index (χ1) is 9.15. The molecule has 0 saturated carbocycles. The van der Waals surface area contributed by atoms with Crippen LogP contribution >= 0.6 is 24.0 Å². The molecule has 0 amide bonds. The molecule has 0 atom stereocenters. The van der Waals surface area contributed by atoms with Crippen LogP contribution in [0.5, 0.6) is 0 Å². The van der Waals surface area contributed by atoms with E-state index in [-0.39, 0.29) is 35.6 Å². The lowest BCUT2D eigenvalue weighted by Crippen LogP contribution is -2.27. The number of anilines is 1. The molecular weight excluding hydrogens is 377 g/mol. The molecule has 1 aliphatic rings. The van der Waals surface area contributed by atoms with Crippen LogP contribution in [0.2, 0.25) is 0 Å². The maximum absolute atomic E-state index is 13.3. The number of hydrogen-bond acceptors (Lipinski definition) is 2. The van der Waals surface area contributed by atoms with E-state index >= 15 is 0 Å². The Balaban J connectivity index is 0.00000200. The van der Waals surface area contributed by atoms with Crippen molar-refractivity contribution in [2.24, 2.45) is 10.7 Å². The first-order valence-corrected chi connectivity index (χ1v) is 6.39. The van der Waals surface area contributed by atoms with Crippen LogP contribution in [0.4, 0.5) is 14.5 Å². The lowest BCUT2D eigenvalue weighted by atomic mass is 10.3. The van der Waals surface area contributed by atoms with Crippen LogP contribution in [0.1, 0.15) is 12.8 Å². The lowest BCUT2D eigenvalue weighted by Gasteiger charge is -2.12. The van der Waals surface area contributed by atoms with Crippen molar-refractivity contribution in [3.8, 4) is 0 Å². The van der Waals surface area contributed by atoms with Crippen molar-refractivity contribution < 1.29 is 8.78 Å². The third-order valence-corrected chi connectivity index (χ3v) is 3.09. The van der Waals surface area contributed by atoms with Gasteiger partial charge in [-0.05, 0) is 38.1 Å². The highest BCUT2D eigenvalue weighted by atomic mass is 127. The summed E-state index contributed by atoms with van der Waals surface area (Å²) in [6, 6.07) is 3.16. The molecule has 0 bridgehead atoms. The third kappa shape index (κ3) is 5.20. The minimum atomic E-state index is -0.556. The maximum Gasteiger partial charge on any atom is 0.193 e. The normalized spacial score (nSPS) is 16.0. The highest BCUT2D eigenvalue weighted by molar-refractivity contribution is 14.0. The monoisotopic (exact) mass is 396 g/mol. The quantitative estimate of drug-likeness (QED) is 0.467. The zero-order valence-electron chi connectivity index (χ0n) is 11.1. The van der Waals surface area contributed by atoms with Crippen molar-refractivity contribution in [2.75, 3.05) is 31.5 Å². The maximum atomic E-state index is 13.3. The minimum Gasteiger partial charge on any atom is -0.370 e. The second-order valence-electron chi connectivity index (χ2n) is 4.56. The number of nitrogens with zero attached hydrogens (tertiary/aromatic N) is 2. The van der Waals surface area contributed by atoms with E-state index in [4.69, 9.17) is 5.73 Å². The van der Waals surface area contributed by atoms with Crippen molar-refractivity contribution >= 4 is 35.6 Å². The van der Waals surface area contributed by atoms with Crippen molar-refractivity contribution in [2.45, 2.75) is 12.8 Å². The standard InChI is InChI=1S/C13H18F2N4.HI/c14-10-3-4-11(15)12(9-10)18-13(16)17-5-8-19-6-1-2-7-19;/h3-4,9H,1-2,5-8H2,(H3,16,17,18);1H. The largest absolute Gasteiger partial charge is 0.370 e. The van der Waals surface area contributed by atoms with Gasteiger partial charge in [-0.1, -0.05) is 0 Å². The Kier molecular flexibility index (Phi) is 7.14. The van der Waals surface area contributed by atoms with Gasteiger partial charge in [0.25, 0.3) is 0 Å². The number of rotatable bonds is 4. The molecular formula is C13H19F2IN4. The molecule has 20 heavy (non-hydrogen) atoms. The van der Waals surface area contributed by atoms with E-state index in [0.717, 1.165) is 37.8 Å². The van der Waals surface area contributed by atoms with Crippen LogP contribution in [0.3, 0.4) is 0 Å². The summed E-state index contributed by atoms with van der Waals surface area (Å²) in [6.07, 6.45) is 2.46. The SMILES string of the molecule is I.NC(=NCCN1CCCC1)Nc1cc(F)ccc1F. The van der Waals surface area contributed by atoms with Crippen molar-refractivity contribution in [1.29, 1.82) is 0 Å². The zero-order valence-corrected chi connectivity index (χ0v) is 13.4. The summed E-state index contributed by atoms with van der Waals surface area (Å²) in [5.41, 5.74) is 5.64. The summed E-state index contributed by atoms with van der Waals surface area (Å²) in [4.78, 5) is 6.41. The van der Waals surface area contributed by atoms with Crippen molar-refractivity contribution in [3.63, 3.8) is 0 Å². The summed E-state index contributed by atoms with van der Waals surface area (Å²) in [5.74, 6) is -0.975. The van der Waals surface area contributed by atoms with E-state index in [1.165, 1.54) is 12.8 Å². The summed E-state index contributed by atoms with van der Waals surface area (Å²) < 4.78 is 26.3. The second kappa shape index (κ2) is 8.35. The fraction of sp³-hybridized carbons (Fsp3) is 0.462. The van der Waals surface area contributed by atoms with Crippen molar-refractivity contribution in [3.05, 3.63) is 29.8 Å². The van der Waals surface area contributed by atoms with Gasteiger partial charge in [0.1, 0.15) is 11.6 Å². The van der Waals surface area contributed by atoms with Crippen molar-refractivity contribution in [1.82, 2.24) is 4.90 Å². The van der Waals surface area contributed by atoms with Crippen LogP contribution in [-0.2, 0) is 0 Å². The van der Waals surface area contributed by atoms with Gasteiger partial charge in [-0.15, -0.1) is 24.0 Å². The molecule has 1 aromatic rings. The van der Waals surface area contributed by atoms with Gasteiger partial charge >= 0.3 is 0 Å². The molecule has 0 radical (unpaired) electrons. The topological polar surface area (TPSA) is 53.6 Å². The highest BCUT2D eigenvalue weighted by Crippen LogP contribution is 2.14. The van der Waals surface area contributed by atoms with Gasteiger partial charge in [-0.25, -0.2) is 8.78 Å². The molecule has 0 aromatic heterocycles.